The van der Waals surface area contributed by atoms with Gasteiger partial charge in [-0.25, -0.2) is 9.97 Å². The van der Waals surface area contributed by atoms with Gasteiger partial charge in [0.2, 0.25) is 0 Å². The van der Waals surface area contributed by atoms with Crippen LogP contribution in [0.3, 0.4) is 0 Å². The number of anilines is 1. The molecule has 3 aromatic rings. The molecule has 6 nitrogen and oxygen atoms in total. The molecule has 0 unspecified atom stereocenters. The summed E-state index contributed by atoms with van der Waals surface area (Å²) in [6.45, 7) is 12.7. The van der Waals surface area contributed by atoms with Gasteiger partial charge in [0.05, 0.1) is 16.1 Å². The van der Waals surface area contributed by atoms with E-state index in [1.165, 1.54) is 16.9 Å². The molecular formula is C22H31N5OS. The number of aromatic nitrogens is 3. The molecule has 7 heteroatoms. The maximum atomic E-state index is 6.12. The fraction of sp³-hybridized carbons (Fsp3) is 0.455. The van der Waals surface area contributed by atoms with E-state index in [9.17, 15) is 0 Å². The first-order valence-corrected chi connectivity index (χ1v) is 11.1. The molecule has 3 N–H and O–H groups in total. The summed E-state index contributed by atoms with van der Waals surface area (Å²) in [6, 6.07) is 8.79. The van der Waals surface area contributed by atoms with Crippen LogP contribution in [0.2, 0.25) is 0 Å². The Bertz CT molecular complexity index is 939. The summed E-state index contributed by atoms with van der Waals surface area (Å²) in [5.41, 5.74) is 9.99. The summed E-state index contributed by atoms with van der Waals surface area (Å²) in [4.78, 5) is 17.2. The van der Waals surface area contributed by atoms with Gasteiger partial charge in [-0.15, -0.1) is 0 Å². The second-order valence-corrected chi connectivity index (χ2v) is 8.15. The summed E-state index contributed by atoms with van der Waals surface area (Å²) < 4.78 is 5.48. The standard InChI is InChI=1S/C22H31N5OS/c1-5-12-27(6-2)13-16-8-10-17(11-9-16)29-21-15(4)24-22(23)20-19(21)25-18(26-20)14-28-7-3/h8-11H,5-7,12-14H2,1-4H3,(H2,23,24)(H,25,26). The molecule has 0 saturated heterocycles. The van der Waals surface area contributed by atoms with Gasteiger partial charge in [-0.1, -0.05) is 37.7 Å². The molecule has 0 spiro atoms. The third-order valence-electron chi connectivity index (χ3n) is 4.82. The summed E-state index contributed by atoms with van der Waals surface area (Å²) in [5.74, 6) is 1.22. The van der Waals surface area contributed by atoms with Crippen molar-refractivity contribution in [2.24, 2.45) is 0 Å². The number of rotatable bonds is 10. The first kappa shape index (κ1) is 21.6. The maximum absolute atomic E-state index is 6.12. The normalized spacial score (nSPS) is 11.6. The van der Waals surface area contributed by atoms with E-state index in [1.54, 1.807) is 11.8 Å². The number of ether oxygens (including phenoxy) is 1. The van der Waals surface area contributed by atoms with Gasteiger partial charge in [0.25, 0.3) is 0 Å². The number of nitrogen functional groups attached to an aromatic ring is 1. The van der Waals surface area contributed by atoms with Crippen molar-refractivity contribution in [1.82, 2.24) is 19.9 Å². The van der Waals surface area contributed by atoms with E-state index in [0.717, 1.165) is 41.6 Å². The summed E-state index contributed by atoms with van der Waals surface area (Å²) in [6.07, 6.45) is 1.18. The van der Waals surface area contributed by atoms with Crippen molar-refractivity contribution in [2.45, 2.75) is 57.1 Å². The zero-order chi connectivity index (χ0) is 20.8. The predicted molar refractivity (Wildman–Crippen MR) is 120 cm³/mol. The van der Waals surface area contributed by atoms with Crippen LogP contribution in [0.15, 0.2) is 34.1 Å². The Balaban J connectivity index is 1.83. The fourth-order valence-corrected chi connectivity index (χ4v) is 4.28. The van der Waals surface area contributed by atoms with Crippen LogP contribution in [0.5, 0.6) is 0 Å². The highest BCUT2D eigenvalue weighted by molar-refractivity contribution is 7.99. The highest BCUT2D eigenvalue weighted by Gasteiger charge is 2.16. The van der Waals surface area contributed by atoms with E-state index in [0.29, 0.717) is 24.5 Å². The molecule has 0 saturated carbocycles. The molecule has 0 atom stereocenters. The molecule has 0 amide bonds. The Morgan fingerprint density at radius 1 is 1.14 bits per heavy atom. The predicted octanol–water partition coefficient (Wildman–Crippen LogP) is 4.77. The van der Waals surface area contributed by atoms with Crippen LogP contribution in [-0.4, -0.2) is 39.5 Å². The van der Waals surface area contributed by atoms with E-state index in [1.807, 2.05) is 13.8 Å². The van der Waals surface area contributed by atoms with Gasteiger partial charge in [-0.05, 0) is 51.1 Å². The van der Waals surface area contributed by atoms with Gasteiger partial charge in [0.15, 0.2) is 5.82 Å². The number of aryl methyl sites for hydroxylation is 1. The molecule has 0 aliphatic heterocycles. The molecule has 0 fully saturated rings. The molecule has 29 heavy (non-hydrogen) atoms. The number of fused-ring (bicyclic) bond motifs is 1. The average Bonchev–Trinajstić information content (AvgIpc) is 3.15. The van der Waals surface area contributed by atoms with Crippen molar-refractivity contribution in [3.8, 4) is 0 Å². The van der Waals surface area contributed by atoms with Crippen molar-refractivity contribution in [1.29, 1.82) is 0 Å². The van der Waals surface area contributed by atoms with Gasteiger partial charge in [0, 0.05) is 18.0 Å². The minimum Gasteiger partial charge on any atom is -0.382 e. The molecule has 3 rings (SSSR count). The van der Waals surface area contributed by atoms with Crippen LogP contribution in [0, 0.1) is 6.92 Å². The van der Waals surface area contributed by atoms with Gasteiger partial charge >= 0.3 is 0 Å². The largest absolute Gasteiger partial charge is 0.382 e. The molecule has 2 aromatic heterocycles. The number of pyridine rings is 1. The van der Waals surface area contributed by atoms with Gasteiger partial charge < -0.3 is 15.5 Å². The zero-order valence-corrected chi connectivity index (χ0v) is 18.6. The topological polar surface area (TPSA) is 80.1 Å². The monoisotopic (exact) mass is 413 g/mol. The molecule has 0 radical (unpaired) electrons. The number of nitrogens with zero attached hydrogens (tertiary/aromatic N) is 3. The molecule has 2 heterocycles. The maximum Gasteiger partial charge on any atom is 0.151 e. The molecule has 0 bridgehead atoms. The first-order chi connectivity index (χ1) is 14.0. The molecule has 0 aliphatic rings. The minimum absolute atomic E-state index is 0.439. The van der Waals surface area contributed by atoms with Gasteiger partial charge in [0.1, 0.15) is 17.9 Å². The third kappa shape index (κ3) is 5.29. The average molecular weight is 414 g/mol. The van der Waals surface area contributed by atoms with E-state index in [2.05, 4.69) is 58.0 Å². The molecule has 0 aliphatic carbocycles. The van der Waals surface area contributed by atoms with Gasteiger partial charge in [-0.2, -0.15) is 0 Å². The lowest BCUT2D eigenvalue weighted by Crippen LogP contribution is -2.23. The zero-order valence-electron chi connectivity index (χ0n) is 17.8. The highest BCUT2D eigenvalue weighted by Crippen LogP contribution is 2.36. The van der Waals surface area contributed by atoms with Crippen LogP contribution in [0.1, 0.15) is 44.3 Å². The second kappa shape index (κ2) is 10.1. The van der Waals surface area contributed by atoms with Crippen LogP contribution in [0.4, 0.5) is 5.82 Å². The van der Waals surface area contributed by atoms with E-state index in [-0.39, 0.29) is 0 Å². The minimum atomic E-state index is 0.439. The number of hydrogen-bond donors (Lipinski definition) is 2. The van der Waals surface area contributed by atoms with Crippen molar-refractivity contribution in [3.05, 3.63) is 41.3 Å². The van der Waals surface area contributed by atoms with Gasteiger partial charge in [-0.3, -0.25) is 4.90 Å². The van der Waals surface area contributed by atoms with Crippen molar-refractivity contribution < 1.29 is 4.74 Å². The highest BCUT2D eigenvalue weighted by atomic mass is 32.2. The molecule has 1 aromatic carbocycles. The Labute approximate surface area is 177 Å². The summed E-state index contributed by atoms with van der Waals surface area (Å²) >= 11 is 1.69. The number of imidazole rings is 1. The molecule has 156 valence electrons. The number of nitrogens with one attached hydrogen (secondary N) is 1. The fourth-order valence-electron chi connectivity index (χ4n) is 3.33. The van der Waals surface area contributed by atoms with Crippen LogP contribution < -0.4 is 5.73 Å². The first-order valence-electron chi connectivity index (χ1n) is 10.3. The Kier molecular flexibility index (Phi) is 7.52. The third-order valence-corrected chi connectivity index (χ3v) is 6.03. The number of aromatic amines is 1. The van der Waals surface area contributed by atoms with Crippen molar-refractivity contribution >= 4 is 28.6 Å². The van der Waals surface area contributed by atoms with Crippen LogP contribution in [-0.2, 0) is 17.9 Å². The van der Waals surface area contributed by atoms with Crippen LogP contribution in [0.25, 0.3) is 11.0 Å². The van der Waals surface area contributed by atoms with E-state index < -0.39 is 0 Å². The lowest BCUT2D eigenvalue weighted by molar-refractivity contribution is 0.129. The summed E-state index contributed by atoms with van der Waals surface area (Å²) in [5, 5.41) is 0. The molecular weight excluding hydrogens is 382 g/mol. The SMILES string of the molecule is CCCN(CC)Cc1ccc(Sc2c(C)nc(N)c3nc(COCC)[nH]c23)cc1. The lowest BCUT2D eigenvalue weighted by atomic mass is 10.2. The van der Waals surface area contributed by atoms with E-state index in [4.69, 9.17) is 10.5 Å². The van der Waals surface area contributed by atoms with Crippen molar-refractivity contribution in [2.75, 3.05) is 25.4 Å². The van der Waals surface area contributed by atoms with E-state index >= 15 is 0 Å². The lowest BCUT2D eigenvalue weighted by Gasteiger charge is -2.19. The Hall–Kier alpha value is -2.09. The van der Waals surface area contributed by atoms with Crippen LogP contribution >= 0.6 is 11.8 Å². The second-order valence-electron chi connectivity index (χ2n) is 7.07. The van der Waals surface area contributed by atoms with Crippen molar-refractivity contribution in [3.63, 3.8) is 0 Å². The number of H-pyrrole nitrogens is 1. The smallest absolute Gasteiger partial charge is 0.151 e. The summed E-state index contributed by atoms with van der Waals surface area (Å²) in [7, 11) is 0. The Morgan fingerprint density at radius 2 is 1.90 bits per heavy atom. The number of nitrogens with two attached hydrogens (primary N) is 1. The Morgan fingerprint density at radius 3 is 2.55 bits per heavy atom. The number of benzene rings is 1. The quantitative estimate of drug-likeness (QED) is 0.498. The number of hydrogen-bond acceptors (Lipinski definition) is 6.